The number of carbonyl (C=O) groups is 5. The first-order valence-corrected chi connectivity index (χ1v) is 52.3. The van der Waals surface area contributed by atoms with Gasteiger partial charge in [0.25, 0.3) is 27.8 Å². The van der Waals surface area contributed by atoms with Gasteiger partial charge in [-0.3, -0.25) is 72.9 Å². The van der Waals surface area contributed by atoms with Gasteiger partial charge in [0.1, 0.15) is 34.6 Å². The summed E-state index contributed by atoms with van der Waals surface area (Å²) in [5.41, 5.74) is 9.59. The number of piperidine rings is 1. The molecule has 29 nitrogen and oxygen atoms in total. The van der Waals surface area contributed by atoms with Gasteiger partial charge in [-0.1, -0.05) is 130 Å². The van der Waals surface area contributed by atoms with Gasteiger partial charge in [0.15, 0.2) is 28.9 Å². The Kier molecular flexibility index (Phi) is 31.0. The number of halogens is 5. The first-order chi connectivity index (χ1) is 72.1. The van der Waals surface area contributed by atoms with Crippen LogP contribution in [0.5, 0.6) is 28.7 Å². The molecule has 0 amide bonds. The molecule has 3 aliphatic heterocycles. The van der Waals surface area contributed by atoms with E-state index in [0.29, 0.717) is 249 Å². The fourth-order valence-electron chi connectivity index (χ4n) is 21.8. The van der Waals surface area contributed by atoms with Gasteiger partial charge in [-0.2, -0.15) is 0 Å². The number of piperazine rings is 1. The minimum atomic E-state index is -0.497. The summed E-state index contributed by atoms with van der Waals surface area (Å²) in [4.78, 5) is 165. The van der Waals surface area contributed by atoms with Crippen molar-refractivity contribution in [2.45, 2.75) is 143 Å². The van der Waals surface area contributed by atoms with E-state index in [1.165, 1.54) is 64.5 Å². The topological polar surface area (TPSA) is 319 Å². The Bertz CT molecular complexity index is 8290. The molecule has 13 heterocycles. The van der Waals surface area contributed by atoms with E-state index in [9.17, 15) is 52.3 Å². The summed E-state index contributed by atoms with van der Waals surface area (Å²) in [5.74, 6) is 1.88. The lowest BCUT2D eigenvalue weighted by molar-refractivity contribution is 0.103. The summed E-state index contributed by atoms with van der Waals surface area (Å²) >= 11 is 24.7. The van der Waals surface area contributed by atoms with Gasteiger partial charge in [0, 0.05) is 127 Å². The highest BCUT2D eigenvalue weighted by atomic mass is 35.5. The normalized spacial score (nSPS) is 14.6. The molecule has 0 atom stereocenters. The van der Waals surface area contributed by atoms with Crippen LogP contribution in [0.4, 0.5) is 4.39 Å². The number of ketones is 5. The molecule has 15 aromatic rings. The zero-order valence-electron chi connectivity index (χ0n) is 84.5. The van der Waals surface area contributed by atoms with E-state index in [2.05, 4.69) is 72.3 Å². The number of unbranched alkanes of at least 4 members (excludes halogenated alkanes) is 3. The summed E-state index contributed by atoms with van der Waals surface area (Å²) in [6.45, 7) is 20.4. The van der Waals surface area contributed by atoms with Gasteiger partial charge in [0.05, 0.1) is 184 Å². The van der Waals surface area contributed by atoms with Crippen LogP contribution in [-0.2, 0) is 32.7 Å². The number of methoxy groups -OCH3 is 5. The van der Waals surface area contributed by atoms with Crippen molar-refractivity contribution in [3.8, 4) is 85.7 Å². The lowest BCUT2D eigenvalue weighted by Crippen LogP contribution is -2.44. The standard InChI is InChI=1S/C24H25ClN4O3.C24H24ClN3O3.C23H22ClN3O3.C23H23FN2O3.C21H19ClN2O3/c1-27-8-10-28(11-9-27)6-3-7-29-22-20(17-5-4-15(25)12-18(17)24(29)31)23(30)19-13-16(32-2)14-26-21(19)22;1-31-16-13-19-21(26-14-16)22-20(23(19)29)17-7-6-15(25)12-18(17)24(30)28(22)11-5-10-27-8-3-2-4-9-27;1-30-15-12-18-20(25-13-15)21-19(22(18)28)16-6-5-14(24)11-17(16)23(29)27(21)10-4-9-26-7-2-3-8-26;1-13(2)6-4-5-9-26-21-19(16-8-7-14(24)10-17(16)23(26)28)22(27)18-11-15(29-3)12-25-20(18)21;1-3-4-5-8-24-19-17(14-7-6-12(22)9-15(14)21(24)26)20(25)16-10-13(27-2)11-23-18(16)19/h4-5,12-14H,3,6-11H2,1-2H3;6-7,12-14H,2-5,8-11H2,1H3;5-6,11-13H,2-4,7-10H2,1H3;7-8,10-13H,4-6,9H2,1-3H3;6-7,9-11H,3-5,8H2,1-2H3. The maximum atomic E-state index is 13.9. The molecule has 0 spiro atoms. The van der Waals surface area contributed by atoms with Crippen molar-refractivity contribution >= 4 is 129 Å². The van der Waals surface area contributed by atoms with Gasteiger partial charge >= 0.3 is 0 Å². The maximum Gasteiger partial charge on any atom is 0.259 e. The van der Waals surface area contributed by atoms with Crippen molar-refractivity contribution in [2.75, 3.05) is 115 Å². The highest BCUT2D eigenvalue weighted by molar-refractivity contribution is 6.35. The largest absolute Gasteiger partial charge is 0.495 e. The fraction of sp³-hybridized carbons (Fsp3) is 0.348. The second-order valence-corrected chi connectivity index (χ2v) is 40.9. The van der Waals surface area contributed by atoms with E-state index in [0.717, 1.165) is 130 Å². The molecule has 0 saturated carbocycles. The SMILES string of the molecule is CCCCCn1c2c(c3ccc(Cl)cc3c1=O)C(=O)c1cc(OC)cnc1-2.COc1cnc2c(c1)C(=O)c1c-2n(CCCCC(C)C)c(=O)c2cc(F)ccc12.COc1cnc2c(c1)C(=O)c1c-2n(CCCN2CCCC2)c(=O)c2cc(Cl)ccc12.COc1cnc2c(c1)C(=O)c1c-2n(CCCN2CCCCC2)c(=O)c2cc(Cl)ccc12.COc1cnc2c(c1)C(=O)c1c-2n(CCCN2CCN(C)CC2)c(=O)c2cc(Cl)ccc12. The maximum absolute atomic E-state index is 13.9. The molecule has 34 heteroatoms. The number of aromatic nitrogens is 10. The Morgan fingerprint density at radius 1 is 0.295 bits per heavy atom. The van der Waals surface area contributed by atoms with Crippen LogP contribution in [-0.4, -0.2) is 211 Å². The number of pyridine rings is 10. The first-order valence-electron chi connectivity index (χ1n) is 50.7. The fourth-order valence-corrected chi connectivity index (χ4v) is 22.5. The third kappa shape index (κ3) is 20.1. The molecule has 5 aromatic carbocycles. The lowest BCUT2D eigenvalue weighted by atomic mass is 10.0. The molecule has 10 aromatic heterocycles. The molecule has 0 radical (unpaired) electrons. The van der Waals surface area contributed by atoms with Crippen LogP contribution in [0, 0.1) is 11.7 Å². The van der Waals surface area contributed by atoms with E-state index in [1.807, 2.05) is 0 Å². The molecule has 768 valence electrons. The number of likely N-dealkylation sites (tertiary alicyclic amines) is 2. The van der Waals surface area contributed by atoms with Crippen molar-refractivity contribution in [2.24, 2.45) is 5.92 Å². The van der Waals surface area contributed by atoms with Crippen LogP contribution in [0.15, 0.2) is 176 Å². The van der Waals surface area contributed by atoms with Crippen molar-refractivity contribution in [3.05, 3.63) is 286 Å². The zero-order valence-corrected chi connectivity index (χ0v) is 87.5. The number of benzene rings is 5. The average Bonchev–Trinajstić information content (AvgIpc) is 1.59. The van der Waals surface area contributed by atoms with Crippen LogP contribution in [0.2, 0.25) is 20.1 Å². The van der Waals surface area contributed by atoms with Crippen molar-refractivity contribution in [1.82, 2.24) is 67.4 Å². The Hall–Kier alpha value is -13.8. The van der Waals surface area contributed by atoms with E-state index >= 15 is 0 Å². The van der Waals surface area contributed by atoms with Crippen molar-refractivity contribution in [1.29, 1.82) is 0 Å². The van der Waals surface area contributed by atoms with Crippen LogP contribution < -0.4 is 51.5 Å². The molecule has 0 N–H and O–H groups in total. The zero-order chi connectivity index (χ0) is 105. The van der Waals surface area contributed by atoms with Crippen molar-refractivity contribution < 1.29 is 52.0 Å². The van der Waals surface area contributed by atoms with Crippen LogP contribution >= 0.6 is 46.4 Å². The van der Waals surface area contributed by atoms with Gasteiger partial charge < -0.3 is 66.1 Å². The second-order valence-electron chi connectivity index (χ2n) is 39.1. The minimum Gasteiger partial charge on any atom is -0.495 e. The molecule has 149 heavy (non-hydrogen) atoms. The van der Waals surface area contributed by atoms with Gasteiger partial charge in [-0.15, -0.1) is 0 Å². The first kappa shape index (κ1) is 104. The highest BCUT2D eigenvalue weighted by Crippen LogP contribution is 2.47. The number of fused-ring (bicyclic) bond motifs is 25. The molecule has 0 bridgehead atoms. The minimum absolute atomic E-state index is 0.131. The Morgan fingerprint density at radius 2 is 0.544 bits per heavy atom. The number of likely N-dealkylation sites (N-methyl/N-ethyl adjacent to an activating group) is 1. The van der Waals surface area contributed by atoms with Crippen LogP contribution in [0.1, 0.15) is 190 Å². The molecule has 5 aliphatic carbocycles. The van der Waals surface area contributed by atoms with Crippen molar-refractivity contribution in [3.63, 3.8) is 0 Å². The smallest absolute Gasteiger partial charge is 0.259 e. The van der Waals surface area contributed by atoms with Gasteiger partial charge in [0.2, 0.25) is 0 Å². The molecule has 0 unspecified atom stereocenters. The molecule has 3 fully saturated rings. The summed E-state index contributed by atoms with van der Waals surface area (Å²) < 4.78 is 48.6. The van der Waals surface area contributed by atoms with E-state index < -0.39 is 5.82 Å². The summed E-state index contributed by atoms with van der Waals surface area (Å²) in [6, 6.07) is 32.9. The summed E-state index contributed by atoms with van der Waals surface area (Å²) in [5, 5.41) is 6.94. The lowest BCUT2D eigenvalue weighted by Gasteiger charge is -2.32. The predicted octanol–water partition coefficient (Wildman–Crippen LogP) is 19.9. The second kappa shape index (κ2) is 44.5. The predicted molar refractivity (Wildman–Crippen MR) is 579 cm³/mol. The van der Waals surface area contributed by atoms with Gasteiger partial charge in [-0.05, 0) is 208 Å². The number of rotatable bonds is 26. The summed E-state index contributed by atoms with van der Waals surface area (Å²) in [6.07, 6.45) is 22.3. The number of hydrogen-bond acceptors (Lipinski definition) is 24. The number of hydrogen-bond donors (Lipinski definition) is 0. The molecule has 8 aliphatic rings. The van der Waals surface area contributed by atoms with Crippen LogP contribution in [0.25, 0.3) is 111 Å². The van der Waals surface area contributed by atoms with Crippen LogP contribution in [0.3, 0.4) is 0 Å². The van der Waals surface area contributed by atoms with E-state index in [4.69, 9.17) is 70.1 Å². The van der Waals surface area contributed by atoms with Gasteiger partial charge in [-0.25, -0.2) is 4.39 Å². The highest BCUT2D eigenvalue weighted by Gasteiger charge is 2.42. The quantitative estimate of drug-likeness (QED) is 0.0455. The molecular formula is C115H113Cl4FN14O15. The number of nitrogens with zero attached hydrogens (tertiary/aromatic N) is 14. The number of carbonyl (C=O) groups excluding carboxylic acids is 5. The van der Waals surface area contributed by atoms with E-state index in [1.54, 1.807) is 178 Å². The number of ether oxygens (including phenoxy) is 5. The third-order valence-electron chi connectivity index (χ3n) is 29.3. The molecule has 3 saturated heterocycles. The monoisotopic (exact) mass is 2090 g/mol. The Morgan fingerprint density at radius 3 is 0.812 bits per heavy atom. The van der Waals surface area contributed by atoms with E-state index in [-0.39, 0.29) is 62.1 Å². The Balaban J connectivity index is 0.000000117. The summed E-state index contributed by atoms with van der Waals surface area (Å²) in [7, 11) is 9.82. The molecule has 23 rings (SSSR count). The molecular weight excluding hydrogens is 1980 g/mol. The average molecular weight is 2090 g/mol. The Labute approximate surface area is 878 Å². The third-order valence-corrected chi connectivity index (χ3v) is 30.3.